The molecule has 0 bridgehead atoms. The number of pyridine rings is 1. The molecule has 2 aromatic carbocycles. The van der Waals surface area contributed by atoms with Crippen molar-refractivity contribution in [1.29, 1.82) is 0 Å². The molecule has 1 aliphatic rings. The maximum absolute atomic E-state index is 11.0. The number of benzene rings is 2. The number of aryl methyl sites for hydroxylation is 1. The van der Waals surface area contributed by atoms with Gasteiger partial charge in [0.15, 0.2) is 5.11 Å². The van der Waals surface area contributed by atoms with Gasteiger partial charge in [0, 0.05) is 34.1 Å². The van der Waals surface area contributed by atoms with E-state index in [2.05, 4.69) is 32.3 Å². The first-order valence-corrected chi connectivity index (χ1v) is 11.7. The van der Waals surface area contributed by atoms with E-state index in [1.54, 1.807) is 18.3 Å². The second kappa shape index (κ2) is 9.00. The molecular formula is C25H19BrN4O3S. The maximum atomic E-state index is 11.0. The van der Waals surface area contributed by atoms with E-state index in [9.17, 15) is 10.1 Å². The third-order valence-electron chi connectivity index (χ3n) is 5.80. The summed E-state index contributed by atoms with van der Waals surface area (Å²) in [5.74, 6) is 1.33. The number of halogens is 1. The lowest BCUT2D eigenvalue weighted by Gasteiger charge is -2.26. The molecule has 0 radical (unpaired) electrons. The van der Waals surface area contributed by atoms with Gasteiger partial charge in [0.1, 0.15) is 17.6 Å². The smallest absolute Gasteiger partial charge is 0.269 e. The summed E-state index contributed by atoms with van der Waals surface area (Å²) in [4.78, 5) is 17.2. The van der Waals surface area contributed by atoms with Crippen molar-refractivity contribution in [2.75, 3.05) is 4.90 Å². The molecule has 0 amide bonds. The van der Waals surface area contributed by atoms with Crippen LogP contribution in [0.5, 0.6) is 0 Å². The molecule has 0 saturated carbocycles. The first-order valence-electron chi connectivity index (χ1n) is 10.5. The van der Waals surface area contributed by atoms with Gasteiger partial charge in [-0.05, 0) is 79.3 Å². The SMILES string of the molecule is Cc1cc(N2C(=S)N[C@@H](c3ccccn3)[C@@H]2c2ccc(-c3ccc([N+](=O)[O-])cc3)o2)ccc1Br. The molecule has 1 aliphatic heterocycles. The van der Waals surface area contributed by atoms with Gasteiger partial charge >= 0.3 is 0 Å². The lowest BCUT2D eigenvalue weighted by atomic mass is 10.0. The molecule has 2 aromatic heterocycles. The van der Waals surface area contributed by atoms with E-state index in [1.807, 2.05) is 54.3 Å². The maximum Gasteiger partial charge on any atom is 0.269 e. The molecule has 1 saturated heterocycles. The van der Waals surface area contributed by atoms with Crippen LogP contribution in [0.15, 0.2) is 87.9 Å². The number of rotatable bonds is 5. The van der Waals surface area contributed by atoms with Crippen LogP contribution in [0.3, 0.4) is 0 Å². The fourth-order valence-corrected chi connectivity index (χ4v) is 4.71. The van der Waals surface area contributed by atoms with Gasteiger partial charge in [-0.15, -0.1) is 0 Å². The number of aromatic nitrogens is 1. The third kappa shape index (κ3) is 4.08. The van der Waals surface area contributed by atoms with Gasteiger partial charge in [-0.25, -0.2) is 0 Å². The van der Waals surface area contributed by atoms with E-state index >= 15 is 0 Å². The first-order chi connectivity index (χ1) is 16.4. The van der Waals surface area contributed by atoms with Crippen LogP contribution in [0.4, 0.5) is 11.4 Å². The van der Waals surface area contributed by atoms with Crippen molar-refractivity contribution in [3.05, 3.63) is 111 Å². The quantitative estimate of drug-likeness (QED) is 0.178. The summed E-state index contributed by atoms with van der Waals surface area (Å²) in [6, 6.07) is 21.5. The van der Waals surface area contributed by atoms with E-state index in [0.717, 1.165) is 27.0 Å². The van der Waals surface area contributed by atoms with Crippen molar-refractivity contribution < 1.29 is 9.34 Å². The fourth-order valence-electron chi connectivity index (χ4n) is 4.11. The van der Waals surface area contributed by atoms with Crippen molar-refractivity contribution in [3.8, 4) is 11.3 Å². The van der Waals surface area contributed by atoms with E-state index in [-0.39, 0.29) is 17.8 Å². The Labute approximate surface area is 209 Å². The van der Waals surface area contributed by atoms with Crippen LogP contribution in [0.2, 0.25) is 0 Å². The van der Waals surface area contributed by atoms with Gasteiger partial charge in [0.05, 0.1) is 16.7 Å². The molecule has 2 atom stereocenters. The highest BCUT2D eigenvalue weighted by Gasteiger charge is 2.42. The fraction of sp³-hybridized carbons (Fsp3) is 0.120. The summed E-state index contributed by atoms with van der Waals surface area (Å²) < 4.78 is 7.33. The van der Waals surface area contributed by atoms with Gasteiger partial charge < -0.3 is 14.6 Å². The normalized spacial score (nSPS) is 17.6. The lowest BCUT2D eigenvalue weighted by molar-refractivity contribution is -0.384. The zero-order chi connectivity index (χ0) is 23.8. The van der Waals surface area contributed by atoms with E-state index in [0.29, 0.717) is 16.6 Å². The number of nitrogens with zero attached hydrogens (tertiary/aromatic N) is 3. The number of nitro groups is 1. The summed E-state index contributed by atoms with van der Waals surface area (Å²) in [7, 11) is 0. The van der Waals surface area contributed by atoms with E-state index < -0.39 is 4.92 Å². The number of anilines is 1. The van der Waals surface area contributed by atoms with Gasteiger partial charge in [-0.1, -0.05) is 22.0 Å². The van der Waals surface area contributed by atoms with Crippen molar-refractivity contribution in [2.45, 2.75) is 19.0 Å². The van der Waals surface area contributed by atoms with E-state index in [1.165, 1.54) is 12.1 Å². The van der Waals surface area contributed by atoms with Crippen LogP contribution >= 0.6 is 28.1 Å². The van der Waals surface area contributed by atoms with Gasteiger partial charge in [-0.2, -0.15) is 0 Å². The Balaban J connectivity index is 1.57. The van der Waals surface area contributed by atoms with Gasteiger partial charge in [0.25, 0.3) is 5.69 Å². The van der Waals surface area contributed by atoms with Crippen molar-refractivity contribution >= 4 is 44.6 Å². The summed E-state index contributed by atoms with van der Waals surface area (Å²) in [6.07, 6.45) is 1.76. The highest BCUT2D eigenvalue weighted by molar-refractivity contribution is 9.10. The lowest BCUT2D eigenvalue weighted by Crippen LogP contribution is -2.29. The number of non-ortho nitro benzene ring substituents is 1. The van der Waals surface area contributed by atoms with Gasteiger partial charge in [-0.3, -0.25) is 15.1 Å². The molecule has 34 heavy (non-hydrogen) atoms. The minimum absolute atomic E-state index is 0.0351. The van der Waals surface area contributed by atoms with Crippen LogP contribution in [0.25, 0.3) is 11.3 Å². The second-order valence-corrected chi connectivity index (χ2v) is 9.18. The minimum atomic E-state index is -0.419. The zero-order valence-corrected chi connectivity index (χ0v) is 20.4. The third-order valence-corrected chi connectivity index (χ3v) is 7.00. The topological polar surface area (TPSA) is 84.4 Å². The van der Waals surface area contributed by atoms with Crippen LogP contribution in [-0.4, -0.2) is 15.0 Å². The Kier molecular flexibility index (Phi) is 5.89. The average molecular weight is 535 g/mol. The summed E-state index contributed by atoms with van der Waals surface area (Å²) in [5, 5.41) is 15.0. The monoisotopic (exact) mass is 534 g/mol. The molecule has 3 heterocycles. The molecule has 170 valence electrons. The van der Waals surface area contributed by atoms with Gasteiger partial charge in [0.2, 0.25) is 0 Å². The molecule has 9 heteroatoms. The highest BCUT2D eigenvalue weighted by atomic mass is 79.9. The Bertz CT molecular complexity index is 1370. The molecule has 0 aliphatic carbocycles. The standard InChI is InChI=1S/C25H19BrN4O3S/c1-15-14-18(9-10-19(15)26)29-24(23(28-25(29)34)20-4-2-3-13-27-20)22-12-11-21(33-22)16-5-7-17(8-6-16)30(31)32/h2-14,23-24H,1H3,(H,28,34)/t23-,24-/m0/s1. The molecule has 1 fully saturated rings. The van der Waals surface area contributed by atoms with Crippen molar-refractivity contribution in [1.82, 2.24) is 10.3 Å². The summed E-state index contributed by atoms with van der Waals surface area (Å²) in [5.41, 5.74) is 3.67. The highest BCUT2D eigenvalue weighted by Crippen LogP contribution is 2.43. The Morgan fingerprint density at radius 2 is 1.91 bits per heavy atom. The molecule has 1 N–H and O–H groups in total. The predicted octanol–water partition coefficient (Wildman–Crippen LogP) is 6.50. The van der Waals surface area contributed by atoms with Crippen LogP contribution in [-0.2, 0) is 0 Å². The Morgan fingerprint density at radius 3 is 2.59 bits per heavy atom. The summed E-state index contributed by atoms with van der Waals surface area (Å²) in [6.45, 7) is 2.03. The molecule has 0 spiro atoms. The largest absolute Gasteiger partial charge is 0.459 e. The first kappa shape index (κ1) is 22.2. The average Bonchev–Trinajstić information content (AvgIpc) is 3.46. The van der Waals surface area contributed by atoms with Crippen molar-refractivity contribution in [2.24, 2.45) is 0 Å². The van der Waals surface area contributed by atoms with Crippen molar-refractivity contribution in [3.63, 3.8) is 0 Å². The Morgan fingerprint density at radius 1 is 1.12 bits per heavy atom. The number of furan rings is 1. The number of hydrogen-bond donors (Lipinski definition) is 1. The summed E-state index contributed by atoms with van der Waals surface area (Å²) >= 11 is 9.33. The molecule has 4 aromatic rings. The van der Waals surface area contributed by atoms with Crippen LogP contribution in [0, 0.1) is 17.0 Å². The number of nitro benzene ring substituents is 1. The second-order valence-electron chi connectivity index (χ2n) is 7.94. The molecule has 5 rings (SSSR count). The molecule has 7 nitrogen and oxygen atoms in total. The molecule has 0 unspecified atom stereocenters. The Hall–Kier alpha value is -3.56. The molecular weight excluding hydrogens is 516 g/mol. The van der Waals surface area contributed by atoms with E-state index in [4.69, 9.17) is 16.6 Å². The van der Waals surface area contributed by atoms with Crippen LogP contribution in [0.1, 0.15) is 29.1 Å². The number of nitrogens with one attached hydrogen (secondary N) is 1. The zero-order valence-electron chi connectivity index (χ0n) is 18.0. The van der Waals surface area contributed by atoms with Crippen LogP contribution < -0.4 is 10.2 Å². The minimum Gasteiger partial charge on any atom is -0.459 e. The number of hydrogen-bond acceptors (Lipinski definition) is 5. The number of thiocarbonyl (C=S) groups is 1. The predicted molar refractivity (Wildman–Crippen MR) is 138 cm³/mol.